The first-order chi connectivity index (χ1) is 13.8. The molecule has 0 unspecified atom stereocenters. The molecule has 4 nitrogen and oxygen atoms in total. The lowest BCUT2D eigenvalue weighted by Crippen LogP contribution is -2.46. The van der Waals surface area contributed by atoms with Gasteiger partial charge in [-0.1, -0.05) is 30.3 Å². The molecule has 2 N–H and O–H groups in total. The van der Waals surface area contributed by atoms with E-state index >= 15 is 0 Å². The van der Waals surface area contributed by atoms with Crippen molar-refractivity contribution < 1.29 is 18.0 Å². The number of amides is 1. The highest BCUT2D eigenvalue weighted by Crippen LogP contribution is 2.35. The van der Waals surface area contributed by atoms with Crippen molar-refractivity contribution in [2.75, 3.05) is 13.1 Å². The Bertz CT molecular complexity index is 919. The Kier molecular flexibility index (Phi) is 6.23. The van der Waals surface area contributed by atoms with E-state index in [-0.39, 0.29) is 24.3 Å². The summed E-state index contributed by atoms with van der Waals surface area (Å²) in [6, 6.07) is 12.5. The average molecular weight is 401 g/mol. The van der Waals surface area contributed by atoms with Gasteiger partial charge in [-0.2, -0.15) is 5.26 Å². The van der Waals surface area contributed by atoms with Gasteiger partial charge in [0.2, 0.25) is 5.91 Å². The number of hydrogen-bond donors (Lipinski definition) is 1. The molecule has 2 aromatic rings. The molecule has 0 radical (unpaired) electrons. The first-order valence-electron chi connectivity index (χ1n) is 9.48. The van der Waals surface area contributed by atoms with Gasteiger partial charge < -0.3 is 10.6 Å². The Labute approximate surface area is 167 Å². The highest BCUT2D eigenvalue weighted by molar-refractivity contribution is 5.77. The molecule has 0 saturated carbocycles. The van der Waals surface area contributed by atoms with Crippen LogP contribution in [-0.4, -0.2) is 29.9 Å². The van der Waals surface area contributed by atoms with Gasteiger partial charge in [-0.15, -0.1) is 0 Å². The number of carbonyl (C=O) groups is 1. The normalized spacial score (nSPS) is 16.9. The van der Waals surface area contributed by atoms with Gasteiger partial charge in [0, 0.05) is 31.6 Å². The Morgan fingerprint density at radius 1 is 1.10 bits per heavy atom. The van der Waals surface area contributed by atoms with Crippen LogP contribution in [0.25, 0.3) is 0 Å². The van der Waals surface area contributed by atoms with Crippen LogP contribution in [0.2, 0.25) is 0 Å². The van der Waals surface area contributed by atoms with E-state index in [0.717, 1.165) is 11.6 Å². The topological polar surface area (TPSA) is 70.1 Å². The number of likely N-dealkylation sites (tertiary alicyclic amines) is 1. The molecule has 1 aliphatic rings. The van der Waals surface area contributed by atoms with E-state index in [1.54, 1.807) is 4.90 Å². The van der Waals surface area contributed by atoms with Crippen molar-refractivity contribution in [1.82, 2.24) is 4.90 Å². The second kappa shape index (κ2) is 8.66. The SMILES string of the molecule is N#CC1(c2ccccc2)CCN(C(=O)C[C@H](N)Cc2cc(F)c(F)cc2F)CC1. The fourth-order valence-corrected chi connectivity index (χ4v) is 3.79. The number of piperidine rings is 1. The maximum Gasteiger partial charge on any atom is 0.224 e. The largest absolute Gasteiger partial charge is 0.343 e. The quantitative estimate of drug-likeness (QED) is 0.781. The number of nitrogens with two attached hydrogens (primary N) is 1. The van der Waals surface area contributed by atoms with Crippen molar-refractivity contribution in [1.29, 1.82) is 5.26 Å². The minimum atomic E-state index is -1.26. The molecule has 0 aliphatic carbocycles. The number of hydrogen-bond acceptors (Lipinski definition) is 3. The number of carbonyl (C=O) groups excluding carboxylic acids is 1. The molecule has 7 heteroatoms. The van der Waals surface area contributed by atoms with Crippen LogP contribution in [0.3, 0.4) is 0 Å². The van der Waals surface area contributed by atoms with Crippen molar-refractivity contribution in [3.05, 3.63) is 71.0 Å². The van der Waals surface area contributed by atoms with Crippen LogP contribution in [0.1, 0.15) is 30.4 Å². The molecule has 2 aromatic carbocycles. The van der Waals surface area contributed by atoms with Gasteiger partial charge in [-0.05, 0) is 36.5 Å². The van der Waals surface area contributed by atoms with E-state index in [1.165, 1.54) is 0 Å². The second-order valence-electron chi connectivity index (χ2n) is 7.47. The fourth-order valence-electron chi connectivity index (χ4n) is 3.79. The summed E-state index contributed by atoms with van der Waals surface area (Å²) >= 11 is 0. The Hall–Kier alpha value is -2.85. The number of halogens is 3. The van der Waals surface area contributed by atoms with E-state index < -0.39 is 28.9 Å². The summed E-state index contributed by atoms with van der Waals surface area (Å²) < 4.78 is 40.1. The van der Waals surface area contributed by atoms with Crippen LogP contribution >= 0.6 is 0 Å². The summed E-state index contributed by atoms with van der Waals surface area (Å²) in [4.78, 5) is 14.2. The van der Waals surface area contributed by atoms with Crippen molar-refractivity contribution in [3.63, 3.8) is 0 Å². The third-order valence-corrected chi connectivity index (χ3v) is 5.52. The molecule has 29 heavy (non-hydrogen) atoms. The summed E-state index contributed by atoms with van der Waals surface area (Å²) in [6.45, 7) is 0.848. The molecule has 152 valence electrons. The second-order valence-corrected chi connectivity index (χ2v) is 7.47. The van der Waals surface area contributed by atoms with E-state index in [4.69, 9.17) is 5.73 Å². The maximum atomic E-state index is 13.8. The van der Waals surface area contributed by atoms with E-state index in [1.807, 2.05) is 30.3 Å². The highest BCUT2D eigenvalue weighted by atomic mass is 19.2. The molecule has 3 rings (SSSR count). The predicted molar refractivity (Wildman–Crippen MR) is 102 cm³/mol. The maximum absolute atomic E-state index is 13.8. The first kappa shape index (κ1) is 20.9. The van der Waals surface area contributed by atoms with E-state index in [0.29, 0.717) is 32.0 Å². The van der Waals surface area contributed by atoms with E-state index in [9.17, 15) is 23.2 Å². The molecule has 1 aliphatic heterocycles. The van der Waals surface area contributed by atoms with Crippen molar-refractivity contribution in [2.45, 2.75) is 37.1 Å². The molecule has 1 saturated heterocycles. The van der Waals surface area contributed by atoms with Gasteiger partial charge in [0.1, 0.15) is 5.82 Å². The molecule has 1 heterocycles. The number of rotatable bonds is 5. The molecular formula is C22H22F3N3O. The van der Waals surface area contributed by atoms with Crippen LogP contribution in [0.5, 0.6) is 0 Å². The summed E-state index contributed by atoms with van der Waals surface area (Å²) in [5, 5.41) is 9.73. The monoisotopic (exact) mass is 401 g/mol. The summed E-state index contributed by atoms with van der Waals surface area (Å²) in [5.74, 6) is -3.49. The van der Waals surface area contributed by atoms with Crippen LogP contribution in [0, 0.1) is 28.8 Å². The molecule has 1 atom stereocenters. The summed E-state index contributed by atoms with van der Waals surface area (Å²) in [7, 11) is 0. The van der Waals surface area contributed by atoms with Gasteiger partial charge >= 0.3 is 0 Å². The molecule has 0 bridgehead atoms. The number of benzene rings is 2. The Morgan fingerprint density at radius 2 is 1.72 bits per heavy atom. The number of nitrogens with zero attached hydrogens (tertiary/aromatic N) is 2. The summed E-state index contributed by atoms with van der Waals surface area (Å²) in [6.07, 6.45) is 0.927. The van der Waals surface area contributed by atoms with Crippen LogP contribution in [0.15, 0.2) is 42.5 Å². The zero-order valence-electron chi connectivity index (χ0n) is 15.9. The molecule has 1 fully saturated rings. The fraction of sp³-hybridized carbons (Fsp3) is 0.364. The highest BCUT2D eigenvalue weighted by Gasteiger charge is 2.37. The van der Waals surface area contributed by atoms with Crippen LogP contribution in [0.4, 0.5) is 13.2 Å². The smallest absolute Gasteiger partial charge is 0.224 e. The first-order valence-corrected chi connectivity index (χ1v) is 9.48. The van der Waals surface area contributed by atoms with Gasteiger partial charge in [0.05, 0.1) is 11.5 Å². The average Bonchev–Trinajstić information content (AvgIpc) is 2.72. The van der Waals surface area contributed by atoms with E-state index in [2.05, 4.69) is 6.07 Å². The third-order valence-electron chi connectivity index (χ3n) is 5.52. The lowest BCUT2D eigenvalue weighted by atomic mass is 9.74. The third kappa shape index (κ3) is 4.60. The van der Waals surface area contributed by atoms with Crippen molar-refractivity contribution in [2.24, 2.45) is 5.73 Å². The molecular weight excluding hydrogens is 379 g/mol. The lowest BCUT2D eigenvalue weighted by molar-refractivity contribution is -0.132. The van der Waals surface area contributed by atoms with Crippen molar-refractivity contribution in [3.8, 4) is 6.07 Å². The summed E-state index contributed by atoms with van der Waals surface area (Å²) in [5.41, 5.74) is 6.23. The van der Waals surface area contributed by atoms with Gasteiger partial charge in [0.15, 0.2) is 11.6 Å². The zero-order chi connectivity index (χ0) is 21.0. The zero-order valence-corrected chi connectivity index (χ0v) is 15.9. The van der Waals surface area contributed by atoms with Gasteiger partial charge in [-0.25, -0.2) is 13.2 Å². The standard InChI is InChI=1S/C22H22F3N3O/c23-18-13-20(25)19(24)11-15(18)10-17(27)12-21(29)28-8-6-22(14-26,7-9-28)16-4-2-1-3-5-16/h1-5,11,13,17H,6-10,12,27H2/t17-/m1/s1. The predicted octanol–water partition coefficient (Wildman–Crippen LogP) is 3.45. The van der Waals surface area contributed by atoms with Gasteiger partial charge in [-0.3, -0.25) is 4.79 Å². The lowest BCUT2D eigenvalue weighted by Gasteiger charge is -2.38. The van der Waals surface area contributed by atoms with Gasteiger partial charge in [0.25, 0.3) is 0 Å². The van der Waals surface area contributed by atoms with Crippen LogP contribution < -0.4 is 5.73 Å². The Morgan fingerprint density at radius 3 is 2.34 bits per heavy atom. The minimum absolute atomic E-state index is 0.0384. The molecule has 0 spiro atoms. The molecule has 0 aromatic heterocycles. The Balaban J connectivity index is 1.58. The van der Waals surface area contributed by atoms with Crippen molar-refractivity contribution >= 4 is 5.91 Å². The van der Waals surface area contributed by atoms with Crippen LogP contribution in [-0.2, 0) is 16.6 Å². The minimum Gasteiger partial charge on any atom is -0.343 e. The number of nitriles is 1. The molecule has 1 amide bonds.